The second-order valence-corrected chi connectivity index (χ2v) is 5.41. The maximum atomic E-state index is 10.9. The lowest BCUT2D eigenvalue weighted by atomic mass is 9.94. The van der Waals surface area contributed by atoms with Gasteiger partial charge in [-0.25, -0.2) is 0 Å². The minimum atomic E-state index is -0.775. The minimum Gasteiger partial charge on any atom is -0.496 e. The van der Waals surface area contributed by atoms with Crippen LogP contribution in [-0.2, 0) is 11.2 Å². The summed E-state index contributed by atoms with van der Waals surface area (Å²) in [5.74, 6) is 0.0545. The molecule has 0 aliphatic carbocycles. The molecule has 0 bridgehead atoms. The molecule has 0 radical (unpaired) electrons. The van der Waals surface area contributed by atoms with Gasteiger partial charge in [-0.1, -0.05) is 54.6 Å². The van der Waals surface area contributed by atoms with Crippen LogP contribution in [0.4, 0.5) is 0 Å². The summed E-state index contributed by atoms with van der Waals surface area (Å²) < 4.78 is 5.48. The first-order valence-electron chi connectivity index (χ1n) is 7.56. The van der Waals surface area contributed by atoms with Crippen molar-refractivity contribution >= 4 is 16.7 Å². The lowest BCUT2D eigenvalue weighted by molar-refractivity contribution is -0.136. The molecule has 0 atom stereocenters. The van der Waals surface area contributed by atoms with Gasteiger partial charge >= 0.3 is 5.97 Å². The van der Waals surface area contributed by atoms with Crippen molar-refractivity contribution in [3.8, 4) is 16.9 Å². The molecule has 0 spiro atoms. The summed E-state index contributed by atoms with van der Waals surface area (Å²) in [6.45, 7) is 0. The molecule has 0 saturated heterocycles. The van der Waals surface area contributed by atoms with E-state index >= 15 is 0 Å². The van der Waals surface area contributed by atoms with Gasteiger partial charge in [0.1, 0.15) is 5.75 Å². The van der Waals surface area contributed by atoms with Crippen molar-refractivity contribution in [3.05, 3.63) is 66.2 Å². The van der Waals surface area contributed by atoms with Gasteiger partial charge in [-0.3, -0.25) is 4.79 Å². The number of methoxy groups -OCH3 is 1. The third kappa shape index (κ3) is 3.04. The molecule has 0 amide bonds. The van der Waals surface area contributed by atoms with E-state index in [4.69, 9.17) is 9.84 Å². The van der Waals surface area contributed by atoms with Crippen molar-refractivity contribution < 1.29 is 14.6 Å². The molecule has 0 unspecified atom stereocenters. The maximum absolute atomic E-state index is 10.9. The first-order valence-corrected chi connectivity index (χ1v) is 7.56. The van der Waals surface area contributed by atoms with Crippen LogP contribution < -0.4 is 4.74 Å². The number of ether oxygens (including phenoxy) is 1. The monoisotopic (exact) mass is 306 g/mol. The Morgan fingerprint density at radius 2 is 1.61 bits per heavy atom. The topological polar surface area (TPSA) is 46.5 Å². The molecule has 0 aliphatic rings. The van der Waals surface area contributed by atoms with Gasteiger partial charge in [0.2, 0.25) is 0 Å². The van der Waals surface area contributed by atoms with Crippen LogP contribution in [0.3, 0.4) is 0 Å². The Morgan fingerprint density at radius 3 is 2.39 bits per heavy atom. The van der Waals surface area contributed by atoms with Crippen LogP contribution >= 0.6 is 0 Å². The van der Waals surface area contributed by atoms with E-state index in [0.717, 1.165) is 33.2 Å². The van der Waals surface area contributed by atoms with Crippen LogP contribution in [0.25, 0.3) is 21.9 Å². The summed E-state index contributed by atoms with van der Waals surface area (Å²) in [4.78, 5) is 10.9. The van der Waals surface area contributed by atoms with Gasteiger partial charge in [0, 0.05) is 12.0 Å². The maximum Gasteiger partial charge on any atom is 0.303 e. The van der Waals surface area contributed by atoms with Gasteiger partial charge < -0.3 is 9.84 Å². The third-order valence-corrected chi connectivity index (χ3v) is 4.02. The second kappa shape index (κ2) is 6.53. The smallest absolute Gasteiger partial charge is 0.303 e. The van der Waals surface area contributed by atoms with Gasteiger partial charge in [0.05, 0.1) is 7.11 Å². The molecule has 3 nitrogen and oxygen atoms in total. The van der Waals surface area contributed by atoms with Crippen LogP contribution in [0.2, 0.25) is 0 Å². The highest BCUT2D eigenvalue weighted by Gasteiger charge is 2.11. The van der Waals surface area contributed by atoms with Gasteiger partial charge in [0.15, 0.2) is 0 Å². The summed E-state index contributed by atoms with van der Waals surface area (Å²) >= 11 is 0. The van der Waals surface area contributed by atoms with Crippen LogP contribution in [0.1, 0.15) is 12.0 Å². The summed E-state index contributed by atoms with van der Waals surface area (Å²) in [5, 5.41) is 11.1. The number of carbonyl (C=O) groups is 1. The van der Waals surface area contributed by atoms with E-state index in [1.165, 1.54) is 0 Å². The van der Waals surface area contributed by atoms with Crippen LogP contribution in [0.15, 0.2) is 60.7 Å². The lowest BCUT2D eigenvalue weighted by Gasteiger charge is -2.13. The number of carboxylic acids is 1. The van der Waals surface area contributed by atoms with E-state index < -0.39 is 5.97 Å². The van der Waals surface area contributed by atoms with E-state index in [2.05, 4.69) is 12.1 Å². The molecule has 3 rings (SSSR count). The molecule has 0 heterocycles. The number of para-hydroxylation sites is 1. The molecule has 0 fully saturated rings. The number of carboxylic acid groups (broad SMARTS) is 1. The number of aliphatic carboxylic acids is 1. The average molecular weight is 306 g/mol. The van der Waals surface area contributed by atoms with Crippen LogP contribution in [0.5, 0.6) is 5.75 Å². The Bertz CT molecular complexity index is 852. The summed E-state index contributed by atoms with van der Waals surface area (Å²) in [7, 11) is 1.67. The molecule has 0 saturated carbocycles. The number of hydrogen-bond donors (Lipinski definition) is 1. The number of aryl methyl sites for hydroxylation is 1. The molecule has 3 aromatic rings. The van der Waals surface area contributed by atoms with Crippen molar-refractivity contribution in [3.63, 3.8) is 0 Å². The molecule has 116 valence electrons. The zero-order valence-corrected chi connectivity index (χ0v) is 13.0. The zero-order chi connectivity index (χ0) is 16.2. The summed E-state index contributed by atoms with van der Waals surface area (Å²) in [6, 6.07) is 20.1. The number of benzene rings is 3. The Morgan fingerprint density at radius 1 is 0.913 bits per heavy atom. The SMILES string of the molecule is COc1ccccc1-c1cccc2c(CCC(=O)O)cccc12. The highest BCUT2D eigenvalue weighted by Crippen LogP contribution is 2.35. The van der Waals surface area contributed by atoms with Crippen molar-refractivity contribution in [1.82, 2.24) is 0 Å². The summed E-state index contributed by atoms with van der Waals surface area (Å²) in [5.41, 5.74) is 3.19. The molecule has 3 heteroatoms. The fourth-order valence-electron chi connectivity index (χ4n) is 2.94. The van der Waals surface area contributed by atoms with Gasteiger partial charge in [-0.05, 0) is 34.4 Å². The molecule has 23 heavy (non-hydrogen) atoms. The quantitative estimate of drug-likeness (QED) is 0.753. The number of hydrogen-bond acceptors (Lipinski definition) is 2. The Balaban J connectivity index is 2.16. The highest BCUT2D eigenvalue weighted by molar-refractivity contribution is 5.99. The lowest BCUT2D eigenvalue weighted by Crippen LogP contribution is -1.98. The molecule has 0 aliphatic heterocycles. The van der Waals surface area contributed by atoms with Gasteiger partial charge in [-0.15, -0.1) is 0 Å². The van der Waals surface area contributed by atoms with Gasteiger partial charge in [0.25, 0.3) is 0 Å². The van der Waals surface area contributed by atoms with Crippen LogP contribution in [0, 0.1) is 0 Å². The number of rotatable bonds is 5. The summed E-state index contributed by atoms with van der Waals surface area (Å²) in [6.07, 6.45) is 0.667. The molecular formula is C20H18O3. The minimum absolute atomic E-state index is 0.137. The Kier molecular flexibility index (Phi) is 4.29. The van der Waals surface area contributed by atoms with E-state index in [1.807, 2.05) is 48.5 Å². The van der Waals surface area contributed by atoms with Crippen molar-refractivity contribution in [2.75, 3.05) is 7.11 Å². The van der Waals surface area contributed by atoms with E-state index in [-0.39, 0.29) is 6.42 Å². The standard InChI is InChI=1S/C20H18O3/c1-23-19-11-3-2-7-18(19)17-10-5-8-15-14(12-13-20(21)22)6-4-9-16(15)17/h2-11H,12-13H2,1H3,(H,21,22). The first kappa shape index (κ1) is 15.1. The average Bonchev–Trinajstić information content (AvgIpc) is 2.59. The third-order valence-electron chi connectivity index (χ3n) is 4.02. The number of fused-ring (bicyclic) bond motifs is 1. The molecule has 0 aromatic heterocycles. The normalized spacial score (nSPS) is 10.7. The van der Waals surface area contributed by atoms with Crippen molar-refractivity contribution in [2.45, 2.75) is 12.8 Å². The molecular weight excluding hydrogens is 288 g/mol. The fourth-order valence-corrected chi connectivity index (χ4v) is 2.94. The van der Waals surface area contributed by atoms with Crippen LogP contribution in [-0.4, -0.2) is 18.2 Å². The highest BCUT2D eigenvalue weighted by atomic mass is 16.5. The van der Waals surface area contributed by atoms with Gasteiger partial charge in [-0.2, -0.15) is 0 Å². The fraction of sp³-hybridized carbons (Fsp3) is 0.150. The van der Waals surface area contributed by atoms with E-state index in [1.54, 1.807) is 7.11 Å². The Hall–Kier alpha value is -2.81. The first-order chi connectivity index (χ1) is 11.2. The largest absolute Gasteiger partial charge is 0.496 e. The van der Waals surface area contributed by atoms with Crippen molar-refractivity contribution in [2.24, 2.45) is 0 Å². The predicted molar refractivity (Wildman–Crippen MR) is 91.9 cm³/mol. The van der Waals surface area contributed by atoms with Crippen molar-refractivity contribution in [1.29, 1.82) is 0 Å². The molecule has 1 N–H and O–H groups in total. The van der Waals surface area contributed by atoms with E-state index in [9.17, 15) is 4.79 Å². The second-order valence-electron chi connectivity index (χ2n) is 5.41. The van der Waals surface area contributed by atoms with E-state index in [0.29, 0.717) is 6.42 Å². The molecule has 3 aromatic carbocycles. The Labute approximate surface area is 135 Å². The predicted octanol–water partition coefficient (Wildman–Crippen LogP) is 4.53. The zero-order valence-electron chi connectivity index (χ0n) is 13.0.